The smallest absolute Gasteiger partial charge is 0.170 e. The molecule has 0 fully saturated rings. The van der Waals surface area contributed by atoms with Crippen LogP contribution in [0.1, 0.15) is 11.1 Å². The van der Waals surface area contributed by atoms with E-state index in [1.165, 1.54) is 12.1 Å². The van der Waals surface area contributed by atoms with Crippen molar-refractivity contribution in [3.8, 4) is 22.3 Å². The molecule has 0 saturated carbocycles. The summed E-state index contributed by atoms with van der Waals surface area (Å²) in [4.78, 5) is 4.03. The lowest BCUT2D eigenvalue weighted by Gasteiger charge is -2.27. The lowest BCUT2D eigenvalue weighted by molar-refractivity contribution is 0.463. The van der Waals surface area contributed by atoms with Crippen LogP contribution in [0.2, 0.25) is 0 Å². The molecule has 0 atom stereocenters. The van der Waals surface area contributed by atoms with Crippen molar-refractivity contribution in [2.45, 2.75) is 13.8 Å². The summed E-state index contributed by atoms with van der Waals surface area (Å²) in [5.74, 6) is -5.81. The summed E-state index contributed by atoms with van der Waals surface area (Å²) in [6, 6.07) is 48.2. The van der Waals surface area contributed by atoms with Crippen LogP contribution in [0.3, 0.4) is 0 Å². The number of benzene rings is 7. The zero-order chi connectivity index (χ0) is 34.8. The van der Waals surface area contributed by atoms with E-state index in [2.05, 4.69) is 0 Å². The van der Waals surface area contributed by atoms with E-state index in [0.717, 1.165) is 34.1 Å². The molecule has 0 aliphatic heterocycles. The Bertz CT molecular complexity index is 2000. The van der Waals surface area contributed by atoms with Gasteiger partial charge in [-0.3, -0.25) is 0 Å². The minimum atomic E-state index is -1.45. The molecule has 7 aromatic carbocycles. The van der Waals surface area contributed by atoms with Crippen molar-refractivity contribution in [3.63, 3.8) is 0 Å². The van der Waals surface area contributed by atoms with Crippen molar-refractivity contribution in [1.82, 2.24) is 0 Å². The number of hydrogen-bond acceptors (Lipinski definition) is 2. The molecule has 7 rings (SSSR count). The number of anilines is 6. The zero-order valence-corrected chi connectivity index (χ0v) is 27.4. The van der Waals surface area contributed by atoms with Gasteiger partial charge in [-0.1, -0.05) is 84.9 Å². The van der Waals surface area contributed by atoms with E-state index in [0.29, 0.717) is 11.1 Å². The monoisotopic (exact) mass is 664 g/mol. The van der Waals surface area contributed by atoms with Gasteiger partial charge in [0.25, 0.3) is 0 Å². The molecule has 0 heterocycles. The number of halogens is 4. The van der Waals surface area contributed by atoms with Crippen LogP contribution < -0.4 is 9.80 Å². The highest BCUT2D eigenvalue weighted by atomic mass is 19.2. The van der Waals surface area contributed by atoms with Crippen molar-refractivity contribution in [2.75, 3.05) is 9.80 Å². The van der Waals surface area contributed by atoms with Crippen LogP contribution in [-0.2, 0) is 0 Å². The van der Waals surface area contributed by atoms with Gasteiger partial charge in [-0.15, -0.1) is 0 Å². The van der Waals surface area contributed by atoms with Gasteiger partial charge in [-0.2, -0.15) is 0 Å². The minimum absolute atomic E-state index is 0.0274. The van der Waals surface area contributed by atoms with Gasteiger partial charge in [0, 0.05) is 34.1 Å². The van der Waals surface area contributed by atoms with Crippen LogP contribution >= 0.6 is 0 Å². The van der Waals surface area contributed by atoms with Crippen LogP contribution in [-0.4, -0.2) is 0 Å². The Morgan fingerprint density at radius 2 is 0.600 bits per heavy atom. The number of hydrogen-bond donors (Lipinski definition) is 0. The molecule has 0 amide bonds. The quantitative estimate of drug-likeness (QED) is 0.118. The van der Waals surface area contributed by atoms with E-state index in [-0.39, 0.29) is 11.1 Å². The van der Waals surface area contributed by atoms with E-state index in [1.54, 1.807) is 38.1 Å². The maximum Gasteiger partial charge on any atom is 0.170 e. The highest BCUT2D eigenvalue weighted by molar-refractivity contribution is 5.83. The van der Waals surface area contributed by atoms with E-state index in [4.69, 9.17) is 0 Å². The third kappa shape index (κ3) is 6.01. The molecule has 0 N–H and O–H groups in total. The second-order valence-electron chi connectivity index (χ2n) is 12.0. The molecular formula is C44H32F4N2. The average Bonchev–Trinajstić information content (AvgIpc) is 3.15. The molecule has 0 saturated heterocycles. The normalized spacial score (nSPS) is 11.0. The maximum atomic E-state index is 15.9. The Morgan fingerprint density at radius 1 is 0.340 bits per heavy atom. The largest absolute Gasteiger partial charge is 0.310 e. The van der Waals surface area contributed by atoms with Crippen molar-refractivity contribution in [1.29, 1.82) is 0 Å². The van der Waals surface area contributed by atoms with Gasteiger partial charge in [0.15, 0.2) is 23.3 Å². The first kappa shape index (κ1) is 32.4. The SMILES string of the molecule is Cc1cc(-c2c(F)c(F)c(-c3ccc(N(c4ccccc4)c4ccccc4)c(C)c3)c(F)c2F)ccc1N(c1ccccc1)c1ccccc1. The van der Waals surface area contributed by atoms with E-state index >= 15 is 17.6 Å². The highest BCUT2D eigenvalue weighted by Gasteiger charge is 2.28. The maximum absolute atomic E-state index is 15.9. The van der Waals surface area contributed by atoms with Crippen molar-refractivity contribution in [2.24, 2.45) is 0 Å². The Hall–Kier alpha value is -6.14. The predicted octanol–water partition coefficient (Wildman–Crippen LogP) is 13.1. The minimum Gasteiger partial charge on any atom is -0.310 e. The Labute approximate surface area is 289 Å². The molecule has 0 radical (unpaired) electrons. The number of para-hydroxylation sites is 4. The zero-order valence-electron chi connectivity index (χ0n) is 27.4. The van der Waals surface area contributed by atoms with Crippen LogP contribution in [0.5, 0.6) is 0 Å². The van der Waals surface area contributed by atoms with Gasteiger partial charge in [-0.05, 0) is 109 Å². The molecule has 0 aliphatic rings. The summed E-state index contributed by atoms with van der Waals surface area (Å²) in [7, 11) is 0. The number of nitrogens with zero attached hydrogens (tertiary/aromatic N) is 2. The first-order valence-corrected chi connectivity index (χ1v) is 16.2. The van der Waals surface area contributed by atoms with Gasteiger partial charge in [0.05, 0.1) is 11.1 Å². The summed E-state index contributed by atoms with van der Waals surface area (Å²) in [5, 5.41) is 0. The standard InChI is InChI=1S/C44H32F4N2/c1-29-27-31(23-25-37(29)49(33-15-7-3-8-16-33)34-17-9-4-10-18-34)39-41(45)43(47)40(44(48)42(39)46)32-24-26-38(30(2)28-32)50(35-19-11-5-12-20-35)36-21-13-6-14-22-36/h3-28H,1-2H3. The van der Waals surface area contributed by atoms with Crippen LogP contribution in [0.4, 0.5) is 51.7 Å². The summed E-state index contributed by atoms with van der Waals surface area (Å²) < 4.78 is 63.8. The van der Waals surface area contributed by atoms with Gasteiger partial charge in [0.2, 0.25) is 0 Å². The molecule has 50 heavy (non-hydrogen) atoms. The average molecular weight is 665 g/mol. The summed E-state index contributed by atoms with van der Waals surface area (Å²) >= 11 is 0. The molecule has 0 aliphatic carbocycles. The fraction of sp³-hybridized carbons (Fsp3) is 0.0455. The number of aryl methyl sites for hydroxylation is 2. The third-order valence-corrected chi connectivity index (χ3v) is 8.77. The molecule has 7 aromatic rings. The summed E-state index contributed by atoms with van der Waals surface area (Å²) in [6.45, 7) is 3.60. The second kappa shape index (κ2) is 13.8. The first-order chi connectivity index (χ1) is 24.3. The fourth-order valence-electron chi connectivity index (χ4n) is 6.43. The molecule has 0 bridgehead atoms. The lowest BCUT2D eigenvalue weighted by atomic mass is 9.94. The topological polar surface area (TPSA) is 6.48 Å². The summed E-state index contributed by atoms with van der Waals surface area (Å²) in [6.07, 6.45) is 0. The van der Waals surface area contributed by atoms with Crippen LogP contribution in [0.25, 0.3) is 22.3 Å². The lowest BCUT2D eigenvalue weighted by Crippen LogP contribution is -2.11. The van der Waals surface area contributed by atoms with Gasteiger partial charge >= 0.3 is 0 Å². The van der Waals surface area contributed by atoms with Crippen molar-refractivity contribution in [3.05, 3.63) is 192 Å². The molecule has 2 nitrogen and oxygen atoms in total. The Balaban J connectivity index is 1.28. The molecule has 246 valence electrons. The summed E-state index contributed by atoms with van der Waals surface area (Å²) in [5.41, 5.74) is 4.89. The van der Waals surface area contributed by atoms with Crippen molar-refractivity contribution >= 4 is 34.1 Å². The van der Waals surface area contributed by atoms with E-state index < -0.39 is 34.4 Å². The van der Waals surface area contributed by atoms with Gasteiger partial charge in [0.1, 0.15) is 0 Å². The highest BCUT2D eigenvalue weighted by Crippen LogP contribution is 2.43. The molecule has 6 heteroatoms. The predicted molar refractivity (Wildman–Crippen MR) is 196 cm³/mol. The molecule has 0 spiro atoms. The fourth-order valence-corrected chi connectivity index (χ4v) is 6.43. The Kier molecular flexibility index (Phi) is 8.92. The Morgan fingerprint density at radius 3 is 0.840 bits per heavy atom. The van der Waals surface area contributed by atoms with Crippen molar-refractivity contribution < 1.29 is 17.6 Å². The second-order valence-corrected chi connectivity index (χ2v) is 12.0. The third-order valence-electron chi connectivity index (χ3n) is 8.77. The van der Waals surface area contributed by atoms with Crippen LogP contribution in [0.15, 0.2) is 158 Å². The molecule has 0 aromatic heterocycles. The van der Waals surface area contributed by atoms with E-state index in [9.17, 15) is 0 Å². The molecule has 0 unspecified atom stereocenters. The van der Waals surface area contributed by atoms with E-state index in [1.807, 2.05) is 131 Å². The number of rotatable bonds is 8. The van der Waals surface area contributed by atoms with Gasteiger partial charge < -0.3 is 9.80 Å². The first-order valence-electron chi connectivity index (χ1n) is 16.2. The van der Waals surface area contributed by atoms with Crippen LogP contribution in [0, 0.1) is 37.1 Å². The molecular weight excluding hydrogens is 632 g/mol. The van der Waals surface area contributed by atoms with Gasteiger partial charge in [-0.25, -0.2) is 17.6 Å².